The van der Waals surface area contributed by atoms with Gasteiger partial charge in [-0.25, -0.2) is 0 Å². The molecule has 0 saturated carbocycles. The first-order chi connectivity index (χ1) is 32.0. The predicted octanol–water partition coefficient (Wildman–Crippen LogP) is 17.6. The van der Waals surface area contributed by atoms with E-state index in [2.05, 4.69) is 55.6 Å². The zero-order valence-electron chi connectivity index (χ0n) is 43.5. The number of hydrogen-bond acceptors (Lipinski definition) is 5. The first kappa shape index (κ1) is 63.1. The molecule has 382 valence electrons. The summed E-state index contributed by atoms with van der Waals surface area (Å²) in [6, 6.07) is -0.554. The Balaban J connectivity index is 3.46. The van der Waals surface area contributed by atoms with E-state index in [9.17, 15) is 19.8 Å². The third-order valence-corrected chi connectivity index (χ3v) is 13.2. The molecule has 0 spiro atoms. The van der Waals surface area contributed by atoms with Crippen molar-refractivity contribution >= 4 is 11.9 Å². The normalized spacial score (nSPS) is 12.9. The van der Waals surface area contributed by atoms with Gasteiger partial charge in [-0.1, -0.05) is 243 Å². The van der Waals surface area contributed by atoms with Crippen molar-refractivity contribution in [3.8, 4) is 0 Å². The first-order valence-electron chi connectivity index (χ1n) is 28.7. The quantitative estimate of drug-likeness (QED) is 0.0321. The highest BCUT2D eigenvalue weighted by Crippen LogP contribution is 2.16. The molecule has 0 saturated heterocycles. The molecule has 65 heavy (non-hydrogen) atoms. The minimum absolute atomic E-state index is 0.0102. The number of amides is 1. The Kier molecular flexibility index (Phi) is 53.1. The van der Waals surface area contributed by atoms with E-state index in [1.807, 2.05) is 0 Å². The maximum absolute atomic E-state index is 12.5. The lowest BCUT2D eigenvalue weighted by Gasteiger charge is -2.22. The summed E-state index contributed by atoms with van der Waals surface area (Å²) in [5.41, 5.74) is 0. The fourth-order valence-corrected chi connectivity index (χ4v) is 8.72. The molecule has 0 aliphatic heterocycles. The molecule has 0 rings (SSSR count). The van der Waals surface area contributed by atoms with Crippen LogP contribution in [-0.4, -0.2) is 47.4 Å². The van der Waals surface area contributed by atoms with Crippen LogP contribution in [-0.2, 0) is 14.3 Å². The van der Waals surface area contributed by atoms with Gasteiger partial charge in [0.2, 0.25) is 5.91 Å². The second-order valence-electron chi connectivity index (χ2n) is 19.6. The second kappa shape index (κ2) is 54.7. The van der Waals surface area contributed by atoms with E-state index in [-0.39, 0.29) is 18.5 Å². The van der Waals surface area contributed by atoms with Crippen LogP contribution in [0.4, 0.5) is 0 Å². The van der Waals surface area contributed by atoms with Crippen LogP contribution in [0.25, 0.3) is 0 Å². The lowest BCUT2D eigenvalue weighted by molar-refractivity contribution is -0.143. The molecule has 0 aromatic carbocycles. The Morgan fingerprint density at radius 2 is 0.769 bits per heavy atom. The van der Waals surface area contributed by atoms with Crippen LogP contribution in [0.2, 0.25) is 0 Å². The van der Waals surface area contributed by atoms with Crippen molar-refractivity contribution in [1.29, 1.82) is 0 Å². The van der Waals surface area contributed by atoms with Crippen LogP contribution in [0.3, 0.4) is 0 Å². The van der Waals surface area contributed by atoms with E-state index in [0.29, 0.717) is 25.9 Å². The third-order valence-electron chi connectivity index (χ3n) is 13.2. The number of rotatable bonds is 53. The molecule has 1 amide bonds. The number of carbonyl (C=O) groups excluding carboxylic acids is 2. The number of carbonyl (C=O) groups is 2. The standard InChI is InChI=1S/C59H111NO5/c1-3-5-7-9-11-13-15-17-19-20-21-25-29-33-37-41-45-49-53-59(64)65-54-50-46-42-38-34-30-26-23-22-24-28-32-36-40-44-48-52-58(63)60-56(55-61)57(62)51-47-43-39-35-31-27-18-16-14-12-10-8-6-4-2/h13,15,19-20,22,24,56-57,61-62H,3-12,14,16-18,21,23,25-55H2,1-2H3,(H,60,63)/b15-13-,20-19-,24-22-. The van der Waals surface area contributed by atoms with E-state index < -0.39 is 12.1 Å². The third kappa shape index (κ3) is 51.3. The highest BCUT2D eigenvalue weighted by atomic mass is 16.5. The predicted molar refractivity (Wildman–Crippen MR) is 283 cm³/mol. The Bertz CT molecular complexity index is 1060. The molecule has 6 nitrogen and oxygen atoms in total. The van der Waals surface area contributed by atoms with Crippen molar-refractivity contribution in [3.63, 3.8) is 0 Å². The minimum atomic E-state index is -0.675. The van der Waals surface area contributed by atoms with Gasteiger partial charge >= 0.3 is 5.97 Å². The van der Waals surface area contributed by atoms with Gasteiger partial charge in [-0.2, -0.15) is 0 Å². The van der Waals surface area contributed by atoms with Crippen molar-refractivity contribution in [2.75, 3.05) is 13.2 Å². The monoisotopic (exact) mass is 914 g/mol. The fourth-order valence-electron chi connectivity index (χ4n) is 8.72. The lowest BCUT2D eigenvalue weighted by atomic mass is 10.0. The number of allylic oxidation sites excluding steroid dienone is 6. The van der Waals surface area contributed by atoms with Crippen molar-refractivity contribution < 1.29 is 24.5 Å². The molecule has 0 radical (unpaired) electrons. The summed E-state index contributed by atoms with van der Waals surface area (Å²) < 4.78 is 5.48. The summed E-state index contributed by atoms with van der Waals surface area (Å²) in [7, 11) is 0. The lowest BCUT2D eigenvalue weighted by Crippen LogP contribution is -2.45. The summed E-state index contributed by atoms with van der Waals surface area (Å²) in [6.07, 6.45) is 67.0. The molecular weight excluding hydrogens is 803 g/mol. The van der Waals surface area contributed by atoms with Crippen molar-refractivity contribution in [3.05, 3.63) is 36.5 Å². The number of ether oxygens (including phenoxy) is 1. The molecule has 6 heteroatoms. The molecule has 0 bridgehead atoms. The number of esters is 1. The van der Waals surface area contributed by atoms with Crippen LogP contribution >= 0.6 is 0 Å². The second-order valence-corrected chi connectivity index (χ2v) is 19.6. The van der Waals surface area contributed by atoms with E-state index >= 15 is 0 Å². The summed E-state index contributed by atoms with van der Waals surface area (Å²) in [5, 5.41) is 23.2. The largest absolute Gasteiger partial charge is 0.466 e. The zero-order chi connectivity index (χ0) is 47.2. The van der Waals surface area contributed by atoms with Gasteiger partial charge < -0.3 is 20.3 Å². The molecular formula is C59H111NO5. The van der Waals surface area contributed by atoms with Gasteiger partial charge in [-0.05, 0) is 83.5 Å². The molecule has 0 aliphatic rings. The molecule has 3 N–H and O–H groups in total. The number of aliphatic hydroxyl groups is 2. The Hall–Kier alpha value is -1.92. The van der Waals surface area contributed by atoms with Gasteiger partial charge in [0.1, 0.15) is 0 Å². The number of aliphatic hydroxyl groups excluding tert-OH is 2. The van der Waals surface area contributed by atoms with Crippen LogP contribution in [0, 0.1) is 0 Å². The summed E-state index contributed by atoms with van der Waals surface area (Å²) in [5.74, 6) is -0.0624. The highest BCUT2D eigenvalue weighted by molar-refractivity contribution is 5.76. The molecule has 2 unspecified atom stereocenters. The minimum Gasteiger partial charge on any atom is -0.466 e. The SMILES string of the molecule is CCCCCC/C=C\C/C=C\CCCCCCCCCC(=O)OCCCCCCCCC/C=C\CCCCCCCC(=O)NC(CO)C(O)CCCCCCCCCCCCCCCC. The summed E-state index contributed by atoms with van der Waals surface area (Å²) >= 11 is 0. The van der Waals surface area contributed by atoms with Gasteiger partial charge in [-0.15, -0.1) is 0 Å². The fraction of sp³-hybridized carbons (Fsp3) is 0.864. The van der Waals surface area contributed by atoms with Gasteiger partial charge in [0.15, 0.2) is 0 Å². The Labute approximate surface area is 404 Å². The van der Waals surface area contributed by atoms with Crippen molar-refractivity contribution in [2.45, 2.75) is 315 Å². The zero-order valence-corrected chi connectivity index (χ0v) is 43.5. The Morgan fingerprint density at radius 1 is 0.431 bits per heavy atom. The molecule has 0 aromatic heterocycles. The van der Waals surface area contributed by atoms with Crippen molar-refractivity contribution in [2.24, 2.45) is 0 Å². The topological polar surface area (TPSA) is 95.9 Å². The Morgan fingerprint density at radius 3 is 1.20 bits per heavy atom. The first-order valence-corrected chi connectivity index (χ1v) is 28.7. The van der Waals surface area contributed by atoms with E-state index in [4.69, 9.17) is 4.74 Å². The maximum Gasteiger partial charge on any atom is 0.305 e. The average molecular weight is 915 g/mol. The molecule has 0 heterocycles. The van der Waals surface area contributed by atoms with Gasteiger partial charge in [0, 0.05) is 12.8 Å². The molecule has 0 aromatic rings. The smallest absolute Gasteiger partial charge is 0.305 e. The molecule has 2 atom stereocenters. The van der Waals surface area contributed by atoms with Gasteiger partial charge in [0.25, 0.3) is 0 Å². The summed E-state index contributed by atoms with van der Waals surface area (Å²) in [4.78, 5) is 24.5. The number of hydrogen-bond donors (Lipinski definition) is 3. The molecule has 0 fully saturated rings. The summed E-state index contributed by atoms with van der Waals surface area (Å²) in [6.45, 7) is 4.91. The highest BCUT2D eigenvalue weighted by Gasteiger charge is 2.20. The van der Waals surface area contributed by atoms with Gasteiger partial charge in [0.05, 0.1) is 25.4 Å². The maximum atomic E-state index is 12.5. The van der Waals surface area contributed by atoms with E-state index in [1.165, 1.54) is 199 Å². The number of unbranched alkanes of at least 4 members (excludes halogenated alkanes) is 36. The van der Waals surface area contributed by atoms with E-state index in [1.54, 1.807) is 0 Å². The van der Waals surface area contributed by atoms with Crippen molar-refractivity contribution in [1.82, 2.24) is 5.32 Å². The van der Waals surface area contributed by atoms with E-state index in [0.717, 1.165) is 70.6 Å². The van der Waals surface area contributed by atoms with Crippen LogP contribution in [0.5, 0.6) is 0 Å². The van der Waals surface area contributed by atoms with Crippen LogP contribution < -0.4 is 5.32 Å². The number of nitrogens with one attached hydrogen (secondary N) is 1. The van der Waals surface area contributed by atoms with Crippen LogP contribution in [0.15, 0.2) is 36.5 Å². The average Bonchev–Trinajstić information content (AvgIpc) is 3.31. The molecule has 0 aliphatic carbocycles. The van der Waals surface area contributed by atoms with Crippen LogP contribution in [0.1, 0.15) is 303 Å². The van der Waals surface area contributed by atoms with Gasteiger partial charge in [-0.3, -0.25) is 9.59 Å².